The van der Waals surface area contributed by atoms with Crippen molar-refractivity contribution < 1.29 is 18.3 Å². The van der Waals surface area contributed by atoms with Crippen LogP contribution < -0.4 is 5.73 Å². The van der Waals surface area contributed by atoms with Gasteiger partial charge in [0, 0.05) is 15.5 Å². The van der Waals surface area contributed by atoms with Gasteiger partial charge in [-0.25, -0.2) is 0 Å². The molecule has 6 heteroatoms. The lowest BCUT2D eigenvalue weighted by molar-refractivity contribution is -0.139. The molecule has 2 aromatic rings. The molecular formula is C14H12F3NOS. The zero-order chi connectivity index (χ0) is 14.8. The summed E-state index contributed by atoms with van der Waals surface area (Å²) in [7, 11) is 0. The van der Waals surface area contributed by atoms with Crippen molar-refractivity contribution in [1.82, 2.24) is 0 Å². The smallest absolute Gasteiger partial charge is 0.399 e. The van der Waals surface area contributed by atoms with Crippen molar-refractivity contribution >= 4 is 17.4 Å². The molecule has 0 aliphatic rings. The molecule has 0 aromatic heterocycles. The topological polar surface area (TPSA) is 46.2 Å². The van der Waals surface area contributed by atoms with Gasteiger partial charge in [-0.05, 0) is 29.8 Å². The van der Waals surface area contributed by atoms with Gasteiger partial charge in [0.1, 0.15) is 0 Å². The van der Waals surface area contributed by atoms with Gasteiger partial charge in [0.05, 0.1) is 12.2 Å². The van der Waals surface area contributed by atoms with Crippen LogP contribution in [0.4, 0.5) is 18.9 Å². The number of hydrogen-bond acceptors (Lipinski definition) is 3. The monoisotopic (exact) mass is 299 g/mol. The van der Waals surface area contributed by atoms with Gasteiger partial charge >= 0.3 is 6.18 Å². The molecule has 0 unspecified atom stereocenters. The first-order chi connectivity index (χ1) is 9.41. The number of aliphatic hydroxyl groups excluding tert-OH is 1. The van der Waals surface area contributed by atoms with Crippen molar-refractivity contribution in [3.8, 4) is 0 Å². The summed E-state index contributed by atoms with van der Waals surface area (Å²) in [6, 6.07) is 10.5. The number of aliphatic hydroxyl groups is 1. The molecule has 0 spiro atoms. The molecule has 0 saturated heterocycles. The summed E-state index contributed by atoms with van der Waals surface area (Å²) < 4.78 is 39.0. The van der Waals surface area contributed by atoms with Crippen molar-refractivity contribution in [2.24, 2.45) is 0 Å². The Morgan fingerprint density at radius 3 is 2.40 bits per heavy atom. The van der Waals surface area contributed by atoms with Crippen molar-refractivity contribution in [3.05, 3.63) is 53.6 Å². The number of rotatable bonds is 3. The van der Waals surface area contributed by atoms with Gasteiger partial charge in [-0.15, -0.1) is 0 Å². The third-order valence-corrected chi connectivity index (χ3v) is 3.87. The number of nitrogens with two attached hydrogens (primary N) is 1. The molecule has 0 atom stereocenters. The first kappa shape index (κ1) is 14.7. The molecule has 0 saturated carbocycles. The molecule has 0 amide bonds. The van der Waals surface area contributed by atoms with Gasteiger partial charge in [-0.3, -0.25) is 0 Å². The van der Waals surface area contributed by atoms with E-state index in [1.165, 1.54) is 12.1 Å². The molecule has 0 radical (unpaired) electrons. The minimum Gasteiger partial charge on any atom is -0.399 e. The van der Waals surface area contributed by atoms with Gasteiger partial charge in [-0.2, -0.15) is 13.2 Å². The van der Waals surface area contributed by atoms with Gasteiger partial charge in [-0.1, -0.05) is 30.0 Å². The van der Waals surface area contributed by atoms with Gasteiger partial charge in [0.25, 0.3) is 0 Å². The van der Waals surface area contributed by atoms with Crippen LogP contribution in [0.1, 0.15) is 11.1 Å². The predicted octanol–water partition coefficient (Wildman–Crippen LogP) is 3.93. The molecule has 3 N–H and O–H groups in total. The molecule has 0 aliphatic carbocycles. The van der Waals surface area contributed by atoms with Crippen LogP contribution in [0.5, 0.6) is 0 Å². The molecule has 2 rings (SSSR count). The average Bonchev–Trinajstić information content (AvgIpc) is 2.40. The highest BCUT2D eigenvalue weighted by molar-refractivity contribution is 7.99. The number of anilines is 1. The van der Waals surface area contributed by atoms with Crippen LogP contribution in [-0.2, 0) is 12.8 Å². The Hall–Kier alpha value is -1.66. The third-order valence-electron chi connectivity index (χ3n) is 2.67. The van der Waals surface area contributed by atoms with Crippen molar-refractivity contribution in [3.63, 3.8) is 0 Å². The summed E-state index contributed by atoms with van der Waals surface area (Å²) in [6.45, 7) is -0.223. The second-order valence-corrected chi connectivity index (χ2v) is 5.21. The maximum atomic E-state index is 13.0. The second-order valence-electron chi connectivity index (χ2n) is 4.12. The van der Waals surface area contributed by atoms with Crippen LogP contribution >= 0.6 is 11.8 Å². The predicted molar refractivity (Wildman–Crippen MR) is 72.3 cm³/mol. The molecule has 106 valence electrons. The second kappa shape index (κ2) is 5.76. The van der Waals surface area contributed by atoms with Crippen molar-refractivity contribution in [2.75, 3.05) is 5.73 Å². The molecule has 0 fully saturated rings. The van der Waals surface area contributed by atoms with Crippen LogP contribution in [0.2, 0.25) is 0 Å². The maximum Gasteiger partial charge on any atom is 0.417 e. The Kier molecular flexibility index (Phi) is 4.25. The van der Waals surface area contributed by atoms with Crippen LogP contribution in [0.3, 0.4) is 0 Å². The third kappa shape index (κ3) is 3.26. The highest BCUT2D eigenvalue weighted by atomic mass is 32.2. The lowest BCUT2D eigenvalue weighted by atomic mass is 10.2. The Morgan fingerprint density at radius 2 is 1.75 bits per heavy atom. The molecular weight excluding hydrogens is 287 g/mol. The van der Waals surface area contributed by atoms with Gasteiger partial charge < -0.3 is 10.8 Å². The lowest BCUT2D eigenvalue weighted by Crippen LogP contribution is -2.07. The van der Waals surface area contributed by atoms with E-state index < -0.39 is 11.7 Å². The van der Waals surface area contributed by atoms with Crippen LogP contribution in [0, 0.1) is 0 Å². The molecule has 2 aromatic carbocycles. The Balaban J connectivity index is 2.44. The van der Waals surface area contributed by atoms with E-state index in [1.807, 2.05) is 0 Å². The Morgan fingerprint density at radius 1 is 1.05 bits per heavy atom. The van der Waals surface area contributed by atoms with E-state index >= 15 is 0 Å². The van der Waals surface area contributed by atoms with E-state index in [9.17, 15) is 18.3 Å². The quantitative estimate of drug-likeness (QED) is 0.844. The number of alkyl halides is 3. The SMILES string of the molecule is Nc1ccc(Sc2ccccc2CO)c(C(F)(F)F)c1. The molecule has 0 aliphatic heterocycles. The zero-order valence-electron chi connectivity index (χ0n) is 10.3. The van der Waals surface area contributed by atoms with Crippen LogP contribution in [0.15, 0.2) is 52.3 Å². The highest BCUT2D eigenvalue weighted by Crippen LogP contribution is 2.41. The van der Waals surface area contributed by atoms with E-state index in [2.05, 4.69) is 0 Å². The molecule has 20 heavy (non-hydrogen) atoms. The van der Waals surface area contributed by atoms with Crippen LogP contribution in [0.25, 0.3) is 0 Å². The summed E-state index contributed by atoms with van der Waals surface area (Å²) >= 11 is 0.965. The minimum absolute atomic E-state index is 0.0626. The Labute approximate surface area is 118 Å². The lowest BCUT2D eigenvalue weighted by Gasteiger charge is -2.14. The number of hydrogen-bond donors (Lipinski definition) is 2. The minimum atomic E-state index is -4.47. The van der Waals surface area contributed by atoms with Crippen molar-refractivity contribution in [1.29, 1.82) is 0 Å². The zero-order valence-corrected chi connectivity index (χ0v) is 11.1. The van der Waals surface area contributed by atoms with E-state index in [-0.39, 0.29) is 17.2 Å². The van der Waals surface area contributed by atoms with Gasteiger partial charge in [0.15, 0.2) is 0 Å². The summed E-state index contributed by atoms with van der Waals surface area (Å²) in [4.78, 5) is 0.651. The highest BCUT2D eigenvalue weighted by Gasteiger charge is 2.33. The fourth-order valence-electron chi connectivity index (χ4n) is 1.71. The summed E-state index contributed by atoms with van der Waals surface area (Å²) in [5.41, 5.74) is 5.31. The number of benzene rings is 2. The van der Waals surface area contributed by atoms with Crippen molar-refractivity contribution in [2.45, 2.75) is 22.6 Å². The van der Waals surface area contributed by atoms with E-state index in [0.717, 1.165) is 17.8 Å². The average molecular weight is 299 g/mol. The van der Waals surface area contributed by atoms with E-state index in [4.69, 9.17) is 5.73 Å². The Bertz CT molecular complexity index is 614. The maximum absolute atomic E-state index is 13.0. The summed E-state index contributed by atoms with van der Waals surface area (Å²) in [5, 5.41) is 9.21. The normalized spacial score (nSPS) is 11.6. The largest absolute Gasteiger partial charge is 0.417 e. The first-order valence-electron chi connectivity index (χ1n) is 5.75. The fraction of sp³-hybridized carbons (Fsp3) is 0.143. The standard InChI is InChI=1S/C14H12F3NOS/c15-14(16,17)11-7-10(18)5-6-13(11)20-12-4-2-1-3-9(12)8-19/h1-7,19H,8,18H2. The fourth-order valence-corrected chi connectivity index (χ4v) is 2.78. The van der Waals surface area contributed by atoms with E-state index in [1.54, 1.807) is 24.3 Å². The molecule has 2 nitrogen and oxygen atoms in total. The van der Waals surface area contributed by atoms with Crippen LogP contribution in [-0.4, -0.2) is 5.11 Å². The molecule has 0 bridgehead atoms. The summed E-state index contributed by atoms with van der Waals surface area (Å²) in [5.74, 6) is 0. The first-order valence-corrected chi connectivity index (χ1v) is 6.57. The number of nitrogen functional groups attached to an aromatic ring is 1. The van der Waals surface area contributed by atoms with Gasteiger partial charge in [0.2, 0.25) is 0 Å². The summed E-state index contributed by atoms with van der Waals surface area (Å²) in [6.07, 6.45) is -4.47. The molecule has 0 heterocycles. The van der Waals surface area contributed by atoms with E-state index in [0.29, 0.717) is 10.5 Å². The number of halogens is 3.